The van der Waals surface area contributed by atoms with Gasteiger partial charge in [0.05, 0.1) is 5.25 Å². The van der Waals surface area contributed by atoms with Crippen molar-refractivity contribution in [2.75, 3.05) is 0 Å². The largest absolute Gasteiger partial charge is 0.338 e. The molecule has 2 aromatic rings. The topological polar surface area (TPSA) is 80.5 Å². The van der Waals surface area contributed by atoms with Crippen LogP contribution >= 0.6 is 11.8 Å². The van der Waals surface area contributed by atoms with E-state index >= 15 is 0 Å². The molecule has 0 unspecified atom stereocenters. The summed E-state index contributed by atoms with van der Waals surface area (Å²) in [6, 6.07) is 0. The molecule has 2 rings (SSSR count). The number of nitrogens with one attached hydrogen (secondary N) is 1. The zero-order chi connectivity index (χ0) is 12.3. The van der Waals surface area contributed by atoms with Gasteiger partial charge in [-0.25, -0.2) is 4.98 Å². The fraction of sp³-hybridized carbons (Fsp3) is 0.600. The molecule has 0 aromatic carbocycles. The van der Waals surface area contributed by atoms with Crippen molar-refractivity contribution in [1.82, 2.24) is 25.3 Å². The van der Waals surface area contributed by atoms with Gasteiger partial charge in [-0.1, -0.05) is 23.8 Å². The minimum atomic E-state index is 0.0586. The van der Waals surface area contributed by atoms with Crippen molar-refractivity contribution in [3.63, 3.8) is 0 Å². The van der Waals surface area contributed by atoms with E-state index in [9.17, 15) is 0 Å². The normalized spacial score (nSPS) is 12.9. The number of hydrogen-bond donors (Lipinski definition) is 1. The van der Waals surface area contributed by atoms with E-state index in [1.165, 1.54) is 11.8 Å². The summed E-state index contributed by atoms with van der Waals surface area (Å²) in [6.45, 7) is 5.96. The monoisotopic (exact) mass is 253 g/mol. The molecule has 0 aliphatic heterocycles. The van der Waals surface area contributed by atoms with Crippen LogP contribution in [0.15, 0.2) is 9.68 Å². The highest BCUT2D eigenvalue weighted by Crippen LogP contribution is 2.31. The molecule has 1 atom stereocenters. The Hall–Kier alpha value is -1.37. The zero-order valence-electron chi connectivity index (χ0n) is 10.1. The highest BCUT2D eigenvalue weighted by atomic mass is 32.2. The first-order valence-electron chi connectivity index (χ1n) is 5.57. The van der Waals surface area contributed by atoms with Gasteiger partial charge in [0.2, 0.25) is 11.0 Å². The van der Waals surface area contributed by atoms with E-state index in [1.807, 2.05) is 13.8 Å². The number of thioether (sulfide) groups is 1. The Morgan fingerprint density at radius 1 is 1.41 bits per heavy atom. The van der Waals surface area contributed by atoms with Crippen LogP contribution in [-0.2, 0) is 6.42 Å². The number of rotatable bonds is 5. The van der Waals surface area contributed by atoms with Crippen molar-refractivity contribution < 1.29 is 4.52 Å². The van der Waals surface area contributed by atoms with Gasteiger partial charge < -0.3 is 4.52 Å². The SMILES string of the molecule is CCCc1noc([C@@H](C)Sc2n[nH]c(C)n2)n1. The molecule has 2 aromatic heterocycles. The maximum Gasteiger partial charge on any atom is 0.239 e. The molecule has 0 aliphatic rings. The molecule has 1 N–H and O–H groups in total. The second kappa shape index (κ2) is 5.31. The molecule has 0 fully saturated rings. The molecule has 0 radical (unpaired) electrons. The first-order chi connectivity index (χ1) is 8.19. The van der Waals surface area contributed by atoms with Crippen LogP contribution in [0.5, 0.6) is 0 Å². The van der Waals surface area contributed by atoms with Crippen LogP contribution in [0.4, 0.5) is 0 Å². The van der Waals surface area contributed by atoms with Gasteiger partial charge in [0.1, 0.15) is 5.82 Å². The van der Waals surface area contributed by atoms with Gasteiger partial charge in [0.25, 0.3) is 0 Å². The van der Waals surface area contributed by atoms with Crippen LogP contribution in [0.25, 0.3) is 0 Å². The third kappa shape index (κ3) is 3.06. The summed E-state index contributed by atoms with van der Waals surface area (Å²) in [6.07, 6.45) is 1.86. The lowest BCUT2D eigenvalue weighted by Crippen LogP contribution is -1.91. The van der Waals surface area contributed by atoms with Crippen LogP contribution in [0.1, 0.15) is 43.1 Å². The number of aromatic nitrogens is 5. The highest BCUT2D eigenvalue weighted by molar-refractivity contribution is 7.99. The quantitative estimate of drug-likeness (QED) is 0.823. The van der Waals surface area contributed by atoms with Crippen molar-refractivity contribution >= 4 is 11.8 Å². The van der Waals surface area contributed by atoms with E-state index in [2.05, 4.69) is 32.2 Å². The van der Waals surface area contributed by atoms with Crippen molar-refractivity contribution in [2.45, 2.75) is 44.0 Å². The molecule has 0 spiro atoms. The molecule has 0 saturated heterocycles. The molecular weight excluding hydrogens is 238 g/mol. The molecule has 6 nitrogen and oxygen atoms in total. The maximum absolute atomic E-state index is 5.21. The van der Waals surface area contributed by atoms with Crippen LogP contribution in [0.3, 0.4) is 0 Å². The van der Waals surface area contributed by atoms with Crippen LogP contribution in [0, 0.1) is 6.92 Å². The molecule has 0 bridgehead atoms. The Balaban J connectivity index is 2.01. The number of nitrogens with zero attached hydrogens (tertiary/aromatic N) is 4. The second-order valence-corrected chi connectivity index (χ2v) is 5.07. The van der Waals surface area contributed by atoms with E-state index in [4.69, 9.17) is 4.52 Å². The van der Waals surface area contributed by atoms with Crippen molar-refractivity contribution in [1.29, 1.82) is 0 Å². The Kier molecular flexibility index (Phi) is 3.78. The van der Waals surface area contributed by atoms with Gasteiger partial charge in [0, 0.05) is 6.42 Å². The lowest BCUT2D eigenvalue weighted by atomic mass is 10.3. The van der Waals surface area contributed by atoms with E-state index in [0.717, 1.165) is 24.5 Å². The van der Waals surface area contributed by atoms with Crippen molar-refractivity contribution in [3.8, 4) is 0 Å². The van der Waals surface area contributed by atoms with E-state index in [-0.39, 0.29) is 5.25 Å². The minimum absolute atomic E-state index is 0.0586. The summed E-state index contributed by atoms with van der Waals surface area (Å²) in [7, 11) is 0. The molecule has 17 heavy (non-hydrogen) atoms. The third-order valence-corrected chi connectivity index (χ3v) is 3.11. The first-order valence-corrected chi connectivity index (χ1v) is 6.45. The minimum Gasteiger partial charge on any atom is -0.338 e. The first kappa shape index (κ1) is 12.1. The smallest absolute Gasteiger partial charge is 0.239 e. The second-order valence-electron chi connectivity index (χ2n) is 3.76. The Bertz CT molecular complexity index is 481. The molecule has 0 amide bonds. The zero-order valence-corrected chi connectivity index (χ0v) is 10.9. The number of aryl methyl sites for hydroxylation is 2. The summed E-state index contributed by atoms with van der Waals surface area (Å²) in [5, 5.41) is 11.5. The summed E-state index contributed by atoms with van der Waals surface area (Å²) in [5.74, 6) is 2.19. The Labute approximate surface area is 104 Å². The fourth-order valence-electron chi connectivity index (χ4n) is 1.34. The van der Waals surface area contributed by atoms with Gasteiger partial charge in [-0.2, -0.15) is 4.98 Å². The average Bonchev–Trinajstić information content (AvgIpc) is 2.88. The van der Waals surface area contributed by atoms with E-state index < -0.39 is 0 Å². The molecule has 7 heteroatoms. The number of aromatic amines is 1. The molecule has 92 valence electrons. The summed E-state index contributed by atoms with van der Waals surface area (Å²) in [4.78, 5) is 8.56. The van der Waals surface area contributed by atoms with Crippen LogP contribution < -0.4 is 0 Å². The summed E-state index contributed by atoms with van der Waals surface area (Å²) >= 11 is 1.50. The van der Waals surface area contributed by atoms with Crippen molar-refractivity contribution in [2.24, 2.45) is 0 Å². The lowest BCUT2D eigenvalue weighted by molar-refractivity contribution is 0.374. The van der Waals surface area contributed by atoms with Gasteiger partial charge in [-0.3, -0.25) is 5.10 Å². The van der Waals surface area contributed by atoms with Gasteiger partial charge >= 0.3 is 0 Å². The maximum atomic E-state index is 5.21. The highest BCUT2D eigenvalue weighted by Gasteiger charge is 2.17. The number of hydrogen-bond acceptors (Lipinski definition) is 6. The van der Waals surface area contributed by atoms with Crippen LogP contribution in [-0.4, -0.2) is 25.3 Å². The Morgan fingerprint density at radius 2 is 2.24 bits per heavy atom. The van der Waals surface area contributed by atoms with Gasteiger partial charge in [-0.05, 0) is 20.3 Å². The summed E-state index contributed by atoms with van der Waals surface area (Å²) in [5.41, 5.74) is 0. The molecule has 0 saturated carbocycles. The molecule has 0 aliphatic carbocycles. The lowest BCUT2D eigenvalue weighted by Gasteiger charge is -2.00. The van der Waals surface area contributed by atoms with E-state index in [0.29, 0.717) is 11.0 Å². The van der Waals surface area contributed by atoms with Crippen LogP contribution in [0.2, 0.25) is 0 Å². The predicted octanol–water partition coefficient (Wildman–Crippen LogP) is 2.30. The third-order valence-electron chi connectivity index (χ3n) is 2.16. The summed E-state index contributed by atoms with van der Waals surface area (Å²) < 4.78 is 5.21. The molecular formula is C10H15N5OS. The van der Waals surface area contributed by atoms with Gasteiger partial charge in [-0.15, -0.1) is 5.10 Å². The predicted molar refractivity (Wildman–Crippen MR) is 63.7 cm³/mol. The van der Waals surface area contributed by atoms with Gasteiger partial charge in [0.15, 0.2) is 5.82 Å². The fourth-order valence-corrected chi connectivity index (χ4v) is 2.14. The molecule has 2 heterocycles. The Morgan fingerprint density at radius 3 is 2.88 bits per heavy atom. The van der Waals surface area contributed by atoms with E-state index in [1.54, 1.807) is 0 Å². The number of H-pyrrole nitrogens is 1. The standard InChI is InChI=1S/C10H15N5OS/c1-4-5-8-12-9(16-15-8)6(2)17-10-11-7(3)13-14-10/h6H,4-5H2,1-3H3,(H,11,13,14)/t6-/m1/s1. The van der Waals surface area contributed by atoms with Crippen molar-refractivity contribution in [3.05, 3.63) is 17.5 Å². The average molecular weight is 253 g/mol.